The molecule has 1 aliphatic rings. The number of aliphatic hydroxyl groups excluding tert-OH is 1. The van der Waals surface area contributed by atoms with Crippen LogP contribution in [-0.4, -0.2) is 68.8 Å². The summed E-state index contributed by atoms with van der Waals surface area (Å²) in [6.07, 6.45) is 7.30. The van der Waals surface area contributed by atoms with Gasteiger partial charge < -0.3 is 25.2 Å². The lowest BCUT2D eigenvalue weighted by molar-refractivity contribution is -0.131. The first-order valence-electron chi connectivity index (χ1n) is 12.7. The Morgan fingerprint density at radius 1 is 1.13 bits per heavy atom. The molecule has 9 heteroatoms. The molecule has 0 aliphatic carbocycles. The Hall–Kier alpha value is -3.92. The highest BCUT2D eigenvalue weighted by Crippen LogP contribution is 2.30. The zero-order chi connectivity index (χ0) is 26.5. The van der Waals surface area contributed by atoms with Crippen LogP contribution in [-0.2, 0) is 11.3 Å². The monoisotopic (exact) mass is 513 g/mol. The van der Waals surface area contributed by atoms with Crippen molar-refractivity contribution in [3.8, 4) is 5.88 Å². The lowest BCUT2D eigenvalue weighted by atomic mass is 9.98. The zero-order valence-electron chi connectivity index (χ0n) is 21.2. The van der Waals surface area contributed by atoms with E-state index in [4.69, 9.17) is 9.84 Å². The summed E-state index contributed by atoms with van der Waals surface area (Å²) in [7, 11) is 1.55. The van der Waals surface area contributed by atoms with Crippen molar-refractivity contribution >= 4 is 34.0 Å². The number of β-amino-alcohol motifs (C(OH)–C–C–N with tert-alkyl or cyclic N) is 1. The number of rotatable bonds is 9. The van der Waals surface area contributed by atoms with Crippen LogP contribution in [0.3, 0.4) is 0 Å². The van der Waals surface area contributed by atoms with E-state index in [0.717, 1.165) is 60.5 Å². The average Bonchev–Trinajstić information content (AvgIpc) is 2.94. The van der Waals surface area contributed by atoms with Gasteiger partial charge in [0.05, 0.1) is 29.8 Å². The number of pyridine rings is 1. The predicted molar refractivity (Wildman–Crippen MR) is 146 cm³/mol. The fraction of sp³-hybridized carbons (Fsp3) is 0.310. The molecule has 0 radical (unpaired) electrons. The first-order valence-corrected chi connectivity index (χ1v) is 12.7. The molecule has 196 valence electrons. The molecule has 3 heterocycles. The minimum absolute atomic E-state index is 0.410. The standard InChI is InChI=1S/C29H31N5O4/c1-38-27-8-6-22-20(4-9-28(36)37)3-5-23(29(22)33-27)26(35)18-34-14-10-21(11-15-34)32-17-19-2-7-24-25(16-19)31-13-12-30-24/h2-9,12-13,16,21,26,32,35H,10-11,14-15,17-18H2,1H3,(H,36,37)/b9-4+. The van der Waals surface area contributed by atoms with Crippen molar-refractivity contribution in [1.29, 1.82) is 0 Å². The van der Waals surface area contributed by atoms with E-state index in [1.165, 1.54) is 11.6 Å². The summed E-state index contributed by atoms with van der Waals surface area (Å²) in [5.41, 5.74) is 5.02. The molecule has 4 aromatic rings. The number of aromatic nitrogens is 3. The molecular weight excluding hydrogens is 482 g/mol. The number of aliphatic carboxylic acids is 1. The van der Waals surface area contributed by atoms with E-state index in [9.17, 15) is 9.90 Å². The number of methoxy groups -OCH3 is 1. The summed E-state index contributed by atoms with van der Waals surface area (Å²) in [4.78, 5) is 26.6. The lowest BCUT2D eigenvalue weighted by Gasteiger charge is -2.33. The summed E-state index contributed by atoms with van der Waals surface area (Å²) in [6.45, 7) is 3.04. The number of ether oxygens (including phenoxy) is 1. The predicted octanol–water partition coefficient (Wildman–Crippen LogP) is 3.57. The van der Waals surface area contributed by atoms with Crippen LogP contribution in [0.4, 0.5) is 0 Å². The Morgan fingerprint density at radius 2 is 1.92 bits per heavy atom. The van der Waals surface area contributed by atoms with Gasteiger partial charge in [-0.3, -0.25) is 9.97 Å². The third-order valence-electron chi connectivity index (χ3n) is 7.02. The number of nitrogens with zero attached hydrogens (tertiary/aromatic N) is 4. The number of hydrogen-bond donors (Lipinski definition) is 3. The molecule has 1 saturated heterocycles. The van der Waals surface area contributed by atoms with E-state index in [0.29, 0.717) is 29.5 Å². The van der Waals surface area contributed by atoms with Gasteiger partial charge >= 0.3 is 5.97 Å². The minimum Gasteiger partial charge on any atom is -0.481 e. The van der Waals surface area contributed by atoms with Gasteiger partial charge in [0.15, 0.2) is 0 Å². The molecule has 1 aliphatic heterocycles. The van der Waals surface area contributed by atoms with Crippen molar-refractivity contribution in [3.63, 3.8) is 0 Å². The summed E-state index contributed by atoms with van der Waals surface area (Å²) >= 11 is 0. The van der Waals surface area contributed by atoms with Crippen LogP contribution < -0.4 is 10.1 Å². The molecule has 9 nitrogen and oxygen atoms in total. The molecule has 3 N–H and O–H groups in total. The summed E-state index contributed by atoms with van der Waals surface area (Å²) in [6, 6.07) is 13.8. The maximum Gasteiger partial charge on any atom is 0.328 e. The van der Waals surface area contributed by atoms with Gasteiger partial charge in [-0.05, 0) is 61.3 Å². The Balaban J connectivity index is 1.21. The Kier molecular flexibility index (Phi) is 7.88. The zero-order valence-corrected chi connectivity index (χ0v) is 21.2. The van der Waals surface area contributed by atoms with E-state index < -0.39 is 12.1 Å². The average molecular weight is 514 g/mol. The first-order chi connectivity index (χ1) is 18.5. The van der Waals surface area contributed by atoms with Crippen LogP contribution in [0.5, 0.6) is 5.88 Å². The molecule has 1 unspecified atom stereocenters. The fourth-order valence-electron chi connectivity index (χ4n) is 4.98. The van der Waals surface area contributed by atoms with Gasteiger partial charge in [0.1, 0.15) is 0 Å². The van der Waals surface area contributed by atoms with Crippen molar-refractivity contribution in [2.45, 2.75) is 31.5 Å². The van der Waals surface area contributed by atoms with E-state index in [1.54, 1.807) is 25.6 Å². The summed E-state index contributed by atoms with van der Waals surface area (Å²) in [5, 5.41) is 24.6. The number of carboxylic acids is 1. The van der Waals surface area contributed by atoms with Crippen molar-refractivity contribution in [3.05, 3.63) is 77.6 Å². The van der Waals surface area contributed by atoms with Crippen molar-refractivity contribution in [2.75, 3.05) is 26.7 Å². The molecule has 0 saturated carbocycles. The van der Waals surface area contributed by atoms with Gasteiger partial charge in [0.25, 0.3) is 0 Å². The molecule has 2 aromatic heterocycles. The van der Waals surface area contributed by atoms with Crippen LogP contribution >= 0.6 is 0 Å². The second kappa shape index (κ2) is 11.6. The molecule has 5 rings (SSSR count). The third kappa shape index (κ3) is 5.96. The van der Waals surface area contributed by atoms with Crippen molar-refractivity contribution in [1.82, 2.24) is 25.2 Å². The number of piperidine rings is 1. The Bertz CT molecular complexity index is 1470. The highest BCUT2D eigenvalue weighted by molar-refractivity contribution is 5.94. The molecule has 0 amide bonds. The molecule has 1 fully saturated rings. The first kappa shape index (κ1) is 25.7. The molecular formula is C29H31N5O4. The van der Waals surface area contributed by atoms with Crippen LogP contribution in [0.25, 0.3) is 28.0 Å². The Morgan fingerprint density at radius 3 is 2.68 bits per heavy atom. The topological polar surface area (TPSA) is 121 Å². The van der Waals surface area contributed by atoms with Gasteiger partial charge in [-0.1, -0.05) is 18.2 Å². The van der Waals surface area contributed by atoms with E-state index in [2.05, 4.69) is 37.3 Å². The van der Waals surface area contributed by atoms with E-state index >= 15 is 0 Å². The van der Waals surface area contributed by atoms with E-state index in [-0.39, 0.29) is 0 Å². The molecule has 1 atom stereocenters. The minimum atomic E-state index is -1.02. The van der Waals surface area contributed by atoms with Gasteiger partial charge in [-0.2, -0.15) is 0 Å². The molecule has 0 spiro atoms. The van der Waals surface area contributed by atoms with Crippen molar-refractivity contribution in [2.24, 2.45) is 0 Å². The van der Waals surface area contributed by atoms with Gasteiger partial charge in [-0.25, -0.2) is 9.78 Å². The normalized spacial score (nSPS) is 15.8. The maximum atomic E-state index is 11.2. The number of likely N-dealkylation sites (tertiary alicyclic amines) is 1. The number of hydrogen-bond acceptors (Lipinski definition) is 8. The summed E-state index contributed by atoms with van der Waals surface area (Å²) < 4.78 is 5.30. The van der Waals surface area contributed by atoms with Crippen molar-refractivity contribution < 1.29 is 19.7 Å². The number of aliphatic hydroxyl groups is 1. The Labute approximate surface area is 220 Å². The SMILES string of the molecule is COc1ccc2c(/C=C/C(=O)O)ccc(C(O)CN3CCC(NCc4ccc5nccnc5c4)CC3)c2n1. The van der Waals surface area contributed by atoms with Crippen LogP contribution in [0, 0.1) is 0 Å². The summed E-state index contributed by atoms with van der Waals surface area (Å²) in [5.74, 6) is -0.580. The van der Waals surface area contributed by atoms with E-state index in [1.807, 2.05) is 24.3 Å². The fourth-order valence-corrected chi connectivity index (χ4v) is 4.98. The molecule has 38 heavy (non-hydrogen) atoms. The van der Waals surface area contributed by atoms with Crippen LogP contribution in [0.1, 0.15) is 35.6 Å². The lowest BCUT2D eigenvalue weighted by Crippen LogP contribution is -2.43. The number of carbonyl (C=O) groups is 1. The van der Waals surface area contributed by atoms with Crippen LogP contribution in [0.15, 0.2) is 60.9 Å². The quantitative estimate of drug-likeness (QED) is 0.288. The van der Waals surface area contributed by atoms with Gasteiger partial charge in [-0.15, -0.1) is 0 Å². The number of benzene rings is 2. The smallest absolute Gasteiger partial charge is 0.328 e. The van der Waals surface area contributed by atoms with Gasteiger partial charge in [0, 0.05) is 54.6 Å². The largest absolute Gasteiger partial charge is 0.481 e. The second-order valence-corrected chi connectivity index (χ2v) is 9.52. The molecule has 0 bridgehead atoms. The number of carboxylic acid groups (broad SMARTS) is 1. The van der Waals surface area contributed by atoms with Gasteiger partial charge in [0.2, 0.25) is 5.88 Å². The van der Waals surface area contributed by atoms with Crippen LogP contribution in [0.2, 0.25) is 0 Å². The number of nitrogens with one attached hydrogen (secondary N) is 1. The number of fused-ring (bicyclic) bond motifs is 2. The highest BCUT2D eigenvalue weighted by Gasteiger charge is 2.23. The second-order valence-electron chi connectivity index (χ2n) is 9.52. The highest BCUT2D eigenvalue weighted by atomic mass is 16.5. The molecule has 2 aromatic carbocycles. The third-order valence-corrected chi connectivity index (χ3v) is 7.02. The maximum absolute atomic E-state index is 11.2.